The Bertz CT molecular complexity index is 877. The van der Waals surface area contributed by atoms with Gasteiger partial charge in [-0.15, -0.1) is 0 Å². The second-order valence-corrected chi connectivity index (χ2v) is 5.70. The molecule has 0 unspecified atom stereocenters. The van der Waals surface area contributed by atoms with Crippen LogP contribution in [0.5, 0.6) is 0 Å². The van der Waals surface area contributed by atoms with Gasteiger partial charge in [-0.05, 0) is 42.3 Å². The number of carbonyl (C=O) groups excluding carboxylic acids is 3. The molecule has 2 aromatic carbocycles. The SMILES string of the molecule is Cc1ccc(CNC(=O)c2ccc3c(c2)C(=O)N(C)C3=O)cc1F. The third kappa shape index (κ3) is 2.67. The smallest absolute Gasteiger partial charge is 0.261 e. The van der Waals surface area contributed by atoms with Crippen LogP contribution in [-0.4, -0.2) is 29.7 Å². The number of benzene rings is 2. The van der Waals surface area contributed by atoms with Gasteiger partial charge in [0.2, 0.25) is 0 Å². The van der Waals surface area contributed by atoms with Crippen molar-refractivity contribution in [2.75, 3.05) is 7.05 Å². The van der Waals surface area contributed by atoms with Gasteiger partial charge < -0.3 is 5.32 Å². The zero-order valence-corrected chi connectivity index (χ0v) is 13.2. The van der Waals surface area contributed by atoms with Crippen molar-refractivity contribution >= 4 is 17.7 Å². The predicted molar refractivity (Wildman–Crippen MR) is 85.2 cm³/mol. The molecule has 0 atom stereocenters. The van der Waals surface area contributed by atoms with E-state index >= 15 is 0 Å². The van der Waals surface area contributed by atoms with E-state index in [1.54, 1.807) is 19.1 Å². The molecule has 5 nitrogen and oxygen atoms in total. The van der Waals surface area contributed by atoms with Crippen molar-refractivity contribution in [2.45, 2.75) is 13.5 Å². The summed E-state index contributed by atoms with van der Waals surface area (Å²) in [6.07, 6.45) is 0. The van der Waals surface area contributed by atoms with Crippen LogP contribution >= 0.6 is 0 Å². The largest absolute Gasteiger partial charge is 0.348 e. The summed E-state index contributed by atoms with van der Waals surface area (Å²) in [4.78, 5) is 37.0. The number of hydrogen-bond donors (Lipinski definition) is 1. The highest BCUT2D eigenvalue weighted by molar-refractivity contribution is 6.21. The van der Waals surface area contributed by atoms with E-state index in [0.717, 1.165) is 4.90 Å². The molecular formula is C18H15FN2O3. The van der Waals surface area contributed by atoms with Crippen molar-refractivity contribution in [3.8, 4) is 0 Å². The Labute approximate surface area is 138 Å². The first-order valence-corrected chi connectivity index (χ1v) is 7.38. The minimum Gasteiger partial charge on any atom is -0.348 e. The van der Waals surface area contributed by atoms with E-state index in [4.69, 9.17) is 0 Å². The number of nitrogens with one attached hydrogen (secondary N) is 1. The third-order valence-corrected chi connectivity index (χ3v) is 4.04. The van der Waals surface area contributed by atoms with E-state index in [0.29, 0.717) is 16.7 Å². The van der Waals surface area contributed by atoms with Crippen molar-refractivity contribution in [1.29, 1.82) is 0 Å². The molecule has 1 aliphatic heterocycles. The van der Waals surface area contributed by atoms with Crippen molar-refractivity contribution in [1.82, 2.24) is 10.2 Å². The summed E-state index contributed by atoms with van der Waals surface area (Å²) in [6, 6.07) is 9.12. The second kappa shape index (κ2) is 5.88. The van der Waals surface area contributed by atoms with Crippen LogP contribution < -0.4 is 5.32 Å². The Balaban J connectivity index is 1.76. The quantitative estimate of drug-likeness (QED) is 0.880. The summed E-state index contributed by atoms with van der Waals surface area (Å²) in [5, 5.41) is 2.67. The van der Waals surface area contributed by atoms with Gasteiger partial charge in [0.15, 0.2) is 0 Å². The molecule has 6 heteroatoms. The number of fused-ring (bicyclic) bond motifs is 1. The zero-order chi connectivity index (χ0) is 17.4. The predicted octanol–water partition coefficient (Wildman–Crippen LogP) is 2.29. The van der Waals surface area contributed by atoms with Gasteiger partial charge in [-0.1, -0.05) is 12.1 Å². The molecule has 2 aromatic rings. The molecule has 0 fully saturated rings. The second-order valence-electron chi connectivity index (χ2n) is 5.70. The topological polar surface area (TPSA) is 66.5 Å². The van der Waals surface area contributed by atoms with Crippen LogP contribution in [0.1, 0.15) is 42.2 Å². The highest BCUT2D eigenvalue weighted by Crippen LogP contribution is 2.22. The zero-order valence-electron chi connectivity index (χ0n) is 13.2. The van der Waals surface area contributed by atoms with Crippen LogP contribution in [-0.2, 0) is 6.54 Å². The molecule has 0 radical (unpaired) electrons. The fraction of sp³-hybridized carbons (Fsp3) is 0.167. The minimum absolute atomic E-state index is 0.167. The molecule has 1 aliphatic rings. The van der Waals surface area contributed by atoms with E-state index < -0.39 is 11.8 Å². The Morgan fingerprint density at radius 3 is 2.50 bits per heavy atom. The van der Waals surface area contributed by atoms with Crippen LogP contribution in [0.15, 0.2) is 36.4 Å². The lowest BCUT2D eigenvalue weighted by molar-refractivity contribution is 0.0693. The van der Waals surface area contributed by atoms with Crippen LogP contribution in [0.2, 0.25) is 0 Å². The van der Waals surface area contributed by atoms with Crippen molar-refractivity contribution in [3.05, 3.63) is 70.0 Å². The van der Waals surface area contributed by atoms with Gasteiger partial charge in [-0.2, -0.15) is 0 Å². The first kappa shape index (κ1) is 15.9. The molecule has 24 heavy (non-hydrogen) atoms. The molecule has 0 saturated heterocycles. The fourth-order valence-electron chi connectivity index (χ4n) is 2.53. The van der Waals surface area contributed by atoms with E-state index in [9.17, 15) is 18.8 Å². The molecule has 122 valence electrons. The Kier molecular flexibility index (Phi) is 3.89. The molecule has 3 amide bonds. The first-order chi connectivity index (χ1) is 11.4. The van der Waals surface area contributed by atoms with Gasteiger partial charge in [0.1, 0.15) is 5.82 Å². The summed E-state index contributed by atoms with van der Waals surface area (Å²) in [7, 11) is 1.40. The molecule has 1 heterocycles. The normalized spacial score (nSPS) is 13.2. The van der Waals surface area contributed by atoms with Gasteiger partial charge >= 0.3 is 0 Å². The Morgan fingerprint density at radius 1 is 1.08 bits per heavy atom. The van der Waals surface area contributed by atoms with Gasteiger partial charge in [0.05, 0.1) is 11.1 Å². The highest BCUT2D eigenvalue weighted by atomic mass is 19.1. The molecule has 1 N–H and O–H groups in total. The van der Waals surface area contributed by atoms with Gasteiger partial charge in [-0.3, -0.25) is 19.3 Å². The van der Waals surface area contributed by atoms with E-state index in [2.05, 4.69) is 5.32 Å². The molecule has 0 aliphatic carbocycles. The average Bonchev–Trinajstić information content (AvgIpc) is 2.80. The van der Waals surface area contributed by atoms with Gasteiger partial charge in [0.25, 0.3) is 17.7 Å². The Hall–Kier alpha value is -3.02. The number of nitrogens with zero attached hydrogens (tertiary/aromatic N) is 1. The number of halogens is 1. The lowest BCUT2D eigenvalue weighted by atomic mass is 10.1. The molecule has 3 rings (SSSR count). The van der Waals surface area contributed by atoms with Crippen LogP contribution in [0.25, 0.3) is 0 Å². The molecule has 0 aromatic heterocycles. The average molecular weight is 326 g/mol. The summed E-state index contributed by atoms with van der Waals surface area (Å²) >= 11 is 0. The number of aryl methyl sites for hydroxylation is 1. The van der Waals surface area contributed by atoms with Crippen molar-refractivity contribution < 1.29 is 18.8 Å². The first-order valence-electron chi connectivity index (χ1n) is 7.38. The van der Waals surface area contributed by atoms with E-state index in [-0.39, 0.29) is 29.4 Å². The van der Waals surface area contributed by atoms with Crippen LogP contribution in [0.4, 0.5) is 4.39 Å². The highest BCUT2D eigenvalue weighted by Gasteiger charge is 2.33. The summed E-state index contributed by atoms with van der Waals surface area (Å²) in [5.74, 6) is -1.53. The number of amides is 3. The molecular weight excluding hydrogens is 311 g/mol. The molecule has 0 saturated carbocycles. The van der Waals surface area contributed by atoms with Crippen LogP contribution in [0.3, 0.4) is 0 Å². The monoisotopic (exact) mass is 326 g/mol. The lowest BCUT2D eigenvalue weighted by Gasteiger charge is -2.07. The molecule has 0 spiro atoms. The number of hydrogen-bond acceptors (Lipinski definition) is 3. The molecule has 0 bridgehead atoms. The maximum atomic E-state index is 13.5. The summed E-state index contributed by atoms with van der Waals surface area (Å²) < 4.78 is 13.5. The lowest BCUT2D eigenvalue weighted by Crippen LogP contribution is -2.24. The van der Waals surface area contributed by atoms with Gasteiger partial charge in [-0.25, -0.2) is 4.39 Å². The van der Waals surface area contributed by atoms with E-state index in [1.165, 1.54) is 31.3 Å². The maximum absolute atomic E-state index is 13.5. The third-order valence-electron chi connectivity index (χ3n) is 4.04. The minimum atomic E-state index is -0.426. The Morgan fingerprint density at radius 2 is 1.79 bits per heavy atom. The van der Waals surface area contributed by atoms with Crippen molar-refractivity contribution in [2.24, 2.45) is 0 Å². The number of rotatable bonds is 3. The summed E-state index contributed by atoms with van der Waals surface area (Å²) in [6.45, 7) is 1.83. The van der Waals surface area contributed by atoms with Crippen LogP contribution in [0, 0.1) is 12.7 Å². The van der Waals surface area contributed by atoms with Gasteiger partial charge in [0, 0.05) is 19.2 Å². The fourth-order valence-corrected chi connectivity index (χ4v) is 2.53. The standard InChI is InChI=1S/C18H15FN2O3/c1-10-3-4-11(7-15(10)19)9-20-16(22)12-5-6-13-14(8-12)18(24)21(2)17(13)23/h3-8H,9H2,1-2H3,(H,20,22). The van der Waals surface area contributed by atoms with Crippen molar-refractivity contribution in [3.63, 3.8) is 0 Å². The maximum Gasteiger partial charge on any atom is 0.261 e. The number of carbonyl (C=O) groups is 3. The van der Waals surface area contributed by atoms with E-state index in [1.807, 2.05) is 0 Å². The summed E-state index contributed by atoms with van der Waals surface area (Å²) in [5.41, 5.74) is 1.96. The number of imide groups is 1.